The highest BCUT2D eigenvalue weighted by Gasteiger charge is 2.21. The van der Waals surface area contributed by atoms with Gasteiger partial charge >= 0.3 is 6.09 Å². The SMILES string of the molecule is CCOC(=O)NNC(=O)c1sc(-c2ccco2)nc1-c1ccccc1. The molecule has 128 valence electrons. The molecular weight excluding hydrogens is 342 g/mol. The van der Waals surface area contributed by atoms with Crippen LogP contribution in [0.15, 0.2) is 53.1 Å². The molecule has 0 aliphatic rings. The van der Waals surface area contributed by atoms with Gasteiger partial charge in [-0.25, -0.2) is 15.2 Å². The number of ether oxygens (including phenoxy) is 1. The van der Waals surface area contributed by atoms with Crippen LogP contribution in [-0.2, 0) is 4.74 Å². The molecule has 0 bridgehead atoms. The third kappa shape index (κ3) is 3.86. The average Bonchev–Trinajstić information content (AvgIpc) is 3.30. The van der Waals surface area contributed by atoms with Crippen LogP contribution in [0, 0.1) is 0 Å². The van der Waals surface area contributed by atoms with Gasteiger partial charge in [-0.3, -0.25) is 10.2 Å². The summed E-state index contributed by atoms with van der Waals surface area (Å²) in [6, 6.07) is 12.8. The zero-order valence-electron chi connectivity index (χ0n) is 13.3. The summed E-state index contributed by atoms with van der Waals surface area (Å²) in [7, 11) is 0. The predicted octanol–water partition coefficient (Wildman–Crippen LogP) is 3.46. The molecule has 2 heterocycles. The van der Waals surface area contributed by atoms with E-state index in [-0.39, 0.29) is 6.61 Å². The van der Waals surface area contributed by atoms with E-state index in [0.717, 1.165) is 5.56 Å². The number of thiazole rings is 1. The van der Waals surface area contributed by atoms with E-state index in [1.807, 2.05) is 30.3 Å². The number of rotatable bonds is 4. The van der Waals surface area contributed by atoms with Crippen molar-refractivity contribution in [2.45, 2.75) is 6.92 Å². The molecule has 2 aromatic heterocycles. The highest BCUT2D eigenvalue weighted by Crippen LogP contribution is 2.33. The van der Waals surface area contributed by atoms with Crippen LogP contribution in [0.25, 0.3) is 22.0 Å². The summed E-state index contributed by atoms with van der Waals surface area (Å²) in [5, 5.41) is 0.574. The van der Waals surface area contributed by atoms with Gasteiger partial charge in [0.15, 0.2) is 10.8 Å². The van der Waals surface area contributed by atoms with Gasteiger partial charge in [0, 0.05) is 5.56 Å². The van der Waals surface area contributed by atoms with Crippen molar-refractivity contribution < 1.29 is 18.7 Å². The summed E-state index contributed by atoms with van der Waals surface area (Å²) in [6.45, 7) is 1.88. The molecule has 0 saturated carbocycles. The van der Waals surface area contributed by atoms with E-state index < -0.39 is 12.0 Å². The Bertz CT molecular complexity index is 859. The van der Waals surface area contributed by atoms with Gasteiger partial charge in [0.25, 0.3) is 5.91 Å². The first-order valence-electron chi connectivity index (χ1n) is 7.52. The first-order valence-corrected chi connectivity index (χ1v) is 8.34. The maximum atomic E-state index is 12.5. The van der Waals surface area contributed by atoms with Crippen LogP contribution in [0.4, 0.5) is 4.79 Å². The second-order valence-corrected chi connectivity index (χ2v) is 5.84. The molecule has 0 radical (unpaired) electrons. The van der Waals surface area contributed by atoms with Crippen molar-refractivity contribution in [3.8, 4) is 22.0 Å². The fourth-order valence-corrected chi connectivity index (χ4v) is 3.05. The number of hydrogen-bond donors (Lipinski definition) is 2. The summed E-state index contributed by atoms with van der Waals surface area (Å²) >= 11 is 1.18. The van der Waals surface area contributed by atoms with Crippen LogP contribution in [0.3, 0.4) is 0 Å². The summed E-state index contributed by atoms with van der Waals surface area (Å²) in [6.07, 6.45) is 0.814. The second-order valence-electron chi connectivity index (χ2n) is 4.84. The van der Waals surface area contributed by atoms with Crippen LogP contribution in [-0.4, -0.2) is 23.6 Å². The standard InChI is InChI=1S/C17H15N3O4S/c1-2-23-17(22)20-19-15(21)14-13(11-7-4-3-5-8-11)18-16(25-14)12-9-6-10-24-12/h3-10H,2H2,1H3,(H,19,21)(H,20,22). The molecule has 0 unspecified atom stereocenters. The lowest BCUT2D eigenvalue weighted by Crippen LogP contribution is -2.41. The van der Waals surface area contributed by atoms with Gasteiger partial charge in [0.05, 0.1) is 18.6 Å². The molecule has 2 amide bonds. The topological polar surface area (TPSA) is 93.5 Å². The third-order valence-corrected chi connectivity index (χ3v) is 4.23. The maximum Gasteiger partial charge on any atom is 0.426 e. The number of nitrogens with one attached hydrogen (secondary N) is 2. The normalized spacial score (nSPS) is 10.3. The lowest BCUT2D eigenvalue weighted by atomic mass is 10.1. The van der Waals surface area contributed by atoms with E-state index >= 15 is 0 Å². The molecular formula is C17H15N3O4S. The Hall–Kier alpha value is -3.13. The summed E-state index contributed by atoms with van der Waals surface area (Å²) in [5.41, 5.74) is 5.83. The largest absolute Gasteiger partial charge is 0.462 e. The van der Waals surface area contributed by atoms with Crippen molar-refractivity contribution in [1.29, 1.82) is 0 Å². The summed E-state index contributed by atoms with van der Waals surface area (Å²) < 4.78 is 10.1. The zero-order valence-corrected chi connectivity index (χ0v) is 14.1. The molecule has 8 heteroatoms. The van der Waals surface area contributed by atoms with E-state index in [2.05, 4.69) is 15.8 Å². The fraction of sp³-hybridized carbons (Fsp3) is 0.118. The number of aromatic nitrogens is 1. The van der Waals surface area contributed by atoms with Crippen LogP contribution in [0.2, 0.25) is 0 Å². The van der Waals surface area contributed by atoms with Crippen LogP contribution in [0.5, 0.6) is 0 Å². The number of hydrogen-bond acceptors (Lipinski definition) is 6. The smallest absolute Gasteiger partial charge is 0.426 e. The van der Waals surface area contributed by atoms with Crippen molar-refractivity contribution in [2.24, 2.45) is 0 Å². The summed E-state index contributed by atoms with van der Waals surface area (Å²) in [4.78, 5) is 28.7. The first kappa shape index (κ1) is 16.7. The molecule has 0 atom stereocenters. The fourth-order valence-electron chi connectivity index (χ4n) is 2.10. The van der Waals surface area contributed by atoms with Crippen LogP contribution < -0.4 is 10.9 Å². The van der Waals surface area contributed by atoms with Gasteiger partial charge in [-0.2, -0.15) is 0 Å². The van der Waals surface area contributed by atoms with E-state index in [1.54, 1.807) is 25.3 Å². The van der Waals surface area contributed by atoms with Gasteiger partial charge in [-0.15, -0.1) is 11.3 Å². The van der Waals surface area contributed by atoms with Crippen molar-refractivity contribution in [2.75, 3.05) is 6.61 Å². The molecule has 7 nitrogen and oxygen atoms in total. The molecule has 2 N–H and O–H groups in total. The lowest BCUT2D eigenvalue weighted by molar-refractivity contribution is 0.0917. The Morgan fingerprint density at radius 1 is 1.16 bits per heavy atom. The average molecular weight is 357 g/mol. The van der Waals surface area contributed by atoms with Gasteiger partial charge in [-0.05, 0) is 19.1 Å². The number of carbonyl (C=O) groups excluding carboxylic acids is 2. The van der Waals surface area contributed by atoms with Gasteiger partial charge in [0.1, 0.15) is 4.88 Å². The van der Waals surface area contributed by atoms with Crippen LogP contribution >= 0.6 is 11.3 Å². The van der Waals surface area contributed by atoms with Crippen molar-refractivity contribution >= 4 is 23.3 Å². The van der Waals surface area contributed by atoms with E-state index in [9.17, 15) is 9.59 Å². The molecule has 0 aliphatic carbocycles. The van der Waals surface area contributed by atoms with Crippen molar-refractivity contribution in [3.05, 3.63) is 53.6 Å². The number of benzene rings is 1. The van der Waals surface area contributed by atoms with Gasteiger partial charge < -0.3 is 9.15 Å². The third-order valence-electron chi connectivity index (χ3n) is 3.17. The molecule has 0 aliphatic heterocycles. The molecule has 0 saturated heterocycles. The van der Waals surface area contributed by atoms with E-state index in [1.165, 1.54) is 11.3 Å². The summed E-state index contributed by atoms with van der Waals surface area (Å²) in [5.74, 6) is 0.0850. The minimum Gasteiger partial charge on any atom is -0.462 e. The Balaban J connectivity index is 1.91. The Kier molecular flexibility index (Phi) is 5.10. The van der Waals surface area contributed by atoms with Gasteiger partial charge in [-0.1, -0.05) is 30.3 Å². The lowest BCUT2D eigenvalue weighted by Gasteiger charge is -2.07. The number of amides is 2. The number of furan rings is 1. The molecule has 1 aromatic carbocycles. The molecule has 0 fully saturated rings. The Labute approximate surface area is 147 Å². The maximum absolute atomic E-state index is 12.5. The molecule has 25 heavy (non-hydrogen) atoms. The van der Waals surface area contributed by atoms with Gasteiger partial charge in [0.2, 0.25) is 0 Å². The Morgan fingerprint density at radius 3 is 2.64 bits per heavy atom. The zero-order chi connectivity index (χ0) is 17.6. The molecule has 3 aromatic rings. The number of hydrazine groups is 1. The Morgan fingerprint density at radius 2 is 1.96 bits per heavy atom. The number of nitrogens with zero attached hydrogens (tertiary/aromatic N) is 1. The van der Waals surface area contributed by atoms with Crippen molar-refractivity contribution in [1.82, 2.24) is 15.8 Å². The monoisotopic (exact) mass is 357 g/mol. The second kappa shape index (κ2) is 7.63. The molecule has 0 spiro atoms. The quantitative estimate of drug-likeness (QED) is 0.698. The highest BCUT2D eigenvalue weighted by atomic mass is 32.1. The minimum atomic E-state index is -0.729. The molecule has 3 rings (SSSR count). The highest BCUT2D eigenvalue weighted by molar-refractivity contribution is 7.17. The van der Waals surface area contributed by atoms with Crippen LogP contribution in [0.1, 0.15) is 16.6 Å². The van der Waals surface area contributed by atoms with E-state index in [4.69, 9.17) is 9.15 Å². The predicted molar refractivity (Wildman–Crippen MR) is 92.9 cm³/mol. The minimum absolute atomic E-state index is 0.209. The first-order chi connectivity index (χ1) is 12.2. The number of carbonyl (C=O) groups is 2. The van der Waals surface area contributed by atoms with Crippen molar-refractivity contribution in [3.63, 3.8) is 0 Å². The van der Waals surface area contributed by atoms with E-state index in [0.29, 0.717) is 21.3 Å².